The molecular formula is C10F23N. The predicted molar refractivity (Wildman–Crippen MR) is 54.6 cm³/mol. The minimum Gasteiger partial charge on any atom is -0.218 e. The van der Waals surface area contributed by atoms with Gasteiger partial charge in [-0.2, -0.15) is 92.2 Å². The van der Waals surface area contributed by atoms with E-state index in [0.29, 0.717) is 0 Å². The molecule has 0 aliphatic carbocycles. The highest BCUT2D eigenvalue weighted by Crippen LogP contribution is 2.67. The van der Waals surface area contributed by atoms with Crippen molar-refractivity contribution in [3.05, 3.63) is 0 Å². The summed E-state index contributed by atoms with van der Waals surface area (Å²) in [6, 6.07) is -18.3. The molecule has 0 radical (unpaired) electrons. The molecule has 0 saturated heterocycles. The number of halogens is 23. The third-order valence-electron chi connectivity index (χ3n) is 3.56. The van der Waals surface area contributed by atoms with E-state index in [0.717, 1.165) is 0 Å². The number of alkyl halides is 23. The van der Waals surface area contributed by atoms with Crippen LogP contribution in [0.4, 0.5) is 101 Å². The summed E-state index contributed by atoms with van der Waals surface area (Å²) in [6.45, 7) is 0. The first-order chi connectivity index (χ1) is 14.1. The number of rotatable bonds is 5. The molecule has 0 aliphatic heterocycles. The van der Waals surface area contributed by atoms with Crippen LogP contribution in [0.5, 0.6) is 0 Å². The largest absolute Gasteiger partial charge is 0.469 e. The molecule has 0 aromatic rings. The van der Waals surface area contributed by atoms with Gasteiger partial charge in [0.1, 0.15) is 0 Å². The summed E-state index contributed by atoms with van der Waals surface area (Å²) in [5.41, 5.74) is -9.63. The van der Waals surface area contributed by atoms with Gasteiger partial charge in [-0.1, -0.05) is 0 Å². The van der Waals surface area contributed by atoms with Crippen LogP contribution in [0.1, 0.15) is 0 Å². The molecule has 0 aromatic carbocycles. The van der Waals surface area contributed by atoms with Gasteiger partial charge in [0.2, 0.25) is 0 Å². The van der Waals surface area contributed by atoms with E-state index in [-0.39, 0.29) is 0 Å². The summed E-state index contributed by atoms with van der Waals surface area (Å²) < 4.78 is 296. The molecule has 0 bridgehead atoms. The molecule has 0 amide bonds. The lowest BCUT2D eigenvalue weighted by Crippen LogP contribution is -2.86. The Balaban J connectivity index is 8.54. The van der Waals surface area contributed by atoms with Crippen LogP contribution in [0.3, 0.4) is 0 Å². The van der Waals surface area contributed by atoms with Gasteiger partial charge in [-0.05, 0) is 0 Å². The molecular weight excluding hydrogens is 571 g/mol. The Morgan fingerprint density at radius 2 is 0.529 bits per heavy atom. The molecule has 0 fully saturated rings. The number of hydrogen-bond acceptors (Lipinski definition) is 1. The van der Waals surface area contributed by atoms with E-state index in [9.17, 15) is 101 Å². The molecule has 0 saturated carbocycles. The molecule has 0 rings (SSSR count). The van der Waals surface area contributed by atoms with Gasteiger partial charge < -0.3 is 0 Å². The lowest BCUT2D eigenvalue weighted by Gasteiger charge is -2.53. The van der Waals surface area contributed by atoms with Gasteiger partial charge in [-0.15, -0.1) is 4.90 Å². The molecule has 24 heteroatoms. The predicted octanol–water partition coefficient (Wildman–Crippen LogP) is 7.29. The molecule has 0 heterocycles. The average molecular weight is 571 g/mol. The molecule has 0 N–H and O–H groups in total. The van der Waals surface area contributed by atoms with Crippen LogP contribution in [0.2, 0.25) is 0 Å². The fourth-order valence-corrected chi connectivity index (χ4v) is 2.05. The van der Waals surface area contributed by atoms with Gasteiger partial charge in [0.15, 0.2) is 0 Å². The first-order valence-electron chi connectivity index (χ1n) is 6.77. The second-order valence-electron chi connectivity index (χ2n) is 5.76. The van der Waals surface area contributed by atoms with E-state index in [4.69, 9.17) is 0 Å². The zero-order chi connectivity index (χ0) is 28.6. The highest BCUT2D eigenvalue weighted by atomic mass is 19.5. The smallest absolute Gasteiger partial charge is 0.218 e. The van der Waals surface area contributed by atoms with E-state index >= 15 is 0 Å². The normalized spacial score (nSPS) is 18.4. The zero-order valence-corrected chi connectivity index (χ0v) is 14.1. The van der Waals surface area contributed by atoms with Gasteiger partial charge in [0, 0.05) is 0 Å². The molecule has 0 spiro atoms. The van der Waals surface area contributed by atoms with Crippen molar-refractivity contribution in [1.29, 1.82) is 0 Å². The lowest BCUT2D eigenvalue weighted by atomic mass is 9.83. The third kappa shape index (κ3) is 4.15. The lowest BCUT2D eigenvalue weighted by molar-refractivity contribution is -0.532. The van der Waals surface area contributed by atoms with Crippen molar-refractivity contribution < 1.29 is 101 Å². The summed E-state index contributed by atoms with van der Waals surface area (Å²) in [6.07, 6.45) is -43.8. The number of hydrogen-bond donors (Lipinski definition) is 0. The van der Waals surface area contributed by atoms with E-state index in [1.54, 1.807) is 0 Å². The maximum Gasteiger partial charge on any atom is 0.469 e. The van der Waals surface area contributed by atoms with Crippen molar-refractivity contribution in [3.8, 4) is 0 Å². The Morgan fingerprint density at radius 1 is 0.294 bits per heavy atom. The first-order valence-corrected chi connectivity index (χ1v) is 6.77. The van der Waals surface area contributed by atoms with Crippen LogP contribution in [0.15, 0.2) is 0 Å². The van der Waals surface area contributed by atoms with Crippen molar-refractivity contribution in [2.24, 2.45) is 0 Å². The highest BCUT2D eigenvalue weighted by molar-refractivity contribution is 5.20. The van der Waals surface area contributed by atoms with Crippen molar-refractivity contribution in [1.82, 2.24) is 4.90 Å². The molecule has 34 heavy (non-hydrogen) atoms. The fourth-order valence-electron chi connectivity index (χ4n) is 2.05. The quantitative estimate of drug-likeness (QED) is 0.248. The van der Waals surface area contributed by atoms with Crippen LogP contribution >= 0.6 is 0 Å². The molecule has 1 atom stereocenters. The van der Waals surface area contributed by atoms with Gasteiger partial charge in [0.25, 0.3) is 5.79 Å². The SMILES string of the molecule is FC(F)(F)C(F)(F)N(C(F)(F)C(F)(F)F)C(F)(C(F)(F)C(F)(F)F)C(F)(C(F)(F)F)C(F)(F)F. The summed E-state index contributed by atoms with van der Waals surface area (Å²) >= 11 is 0. The van der Waals surface area contributed by atoms with E-state index in [2.05, 4.69) is 0 Å². The van der Waals surface area contributed by atoms with Crippen LogP contribution in [0, 0.1) is 0 Å². The summed E-state index contributed by atoms with van der Waals surface area (Å²) in [5.74, 6) is -19.4. The Bertz CT molecular complexity index is 687. The Hall–Kier alpha value is -1.65. The first kappa shape index (κ1) is 32.4. The van der Waals surface area contributed by atoms with Crippen LogP contribution in [-0.2, 0) is 0 Å². The van der Waals surface area contributed by atoms with Crippen LogP contribution in [-0.4, -0.2) is 65.3 Å². The number of nitrogens with zero attached hydrogens (tertiary/aromatic N) is 1. The summed E-state index contributed by atoms with van der Waals surface area (Å²) in [7, 11) is 0. The standard InChI is InChI=1S/C10F23N/c11-1(4(15,16)17,5(18,19)20)3(14,2(12,13)6(21,22)23)34(9(30,31)7(24,25)26)10(32,33)8(27,28)29. The van der Waals surface area contributed by atoms with E-state index < -0.39 is 65.3 Å². The van der Waals surface area contributed by atoms with Crippen LogP contribution < -0.4 is 0 Å². The third-order valence-corrected chi connectivity index (χ3v) is 3.56. The zero-order valence-electron chi connectivity index (χ0n) is 14.1. The van der Waals surface area contributed by atoms with Crippen molar-refractivity contribution >= 4 is 0 Å². The molecule has 0 aromatic heterocycles. The van der Waals surface area contributed by atoms with Gasteiger partial charge in [-0.3, -0.25) is 0 Å². The van der Waals surface area contributed by atoms with Crippen molar-refractivity contribution in [3.63, 3.8) is 0 Å². The molecule has 206 valence electrons. The van der Waals surface area contributed by atoms with Gasteiger partial charge >= 0.3 is 54.6 Å². The Kier molecular flexibility index (Phi) is 7.30. The van der Waals surface area contributed by atoms with E-state index in [1.807, 2.05) is 0 Å². The minimum atomic E-state index is -9.98. The van der Waals surface area contributed by atoms with Gasteiger partial charge in [-0.25, -0.2) is 8.78 Å². The maximum absolute atomic E-state index is 14.5. The Morgan fingerprint density at radius 3 is 0.676 bits per heavy atom. The van der Waals surface area contributed by atoms with Crippen molar-refractivity contribution in [2.75, 3.05) is 0 Å². The minimum absolute atomic E-state index is 5.83. The van der Waals surface area contributed by atoms with Crippen molar-refractivity contribution in [2.45, 2.75) is 60.4 Å². The highest BCUT2D eigenvalue weighted by Gasteiger charge is 2.99. The monoisotopic (exact) mass is 571 g/mol. The molecule has 1 nitrogen and oxygen atoms in total. The fraction of sp³-hybridized carbons (Fsp3) is 1.00. The second-order valence-corrected chi connectivity index (χ2v) is 5.76. The molecule has 0 aliphatic rings. The molecule has 1 unspecified atom stereocenters. The average Bonchev–Trinajstić information content (AvgIpc) is 2.47. The Labute approximate surface area is 168 Å². The summed E-state index contributed by atoms with van der Waals surface area (Å²) in [4.78, 5) is -5.83. The second kappa shape index (κ2) is 7.67. The van der Waals surface area contributed by atoms with Crippen LogP contribution in [0.25, 0.3) is 0 Å². The summed E-state index contributed by atoms with van der Waals surface area (Å²) in [5, 5.41) is 0. The topological polar surface area (TPSA) is 3.24 Å². The van der Waals surface area contributed by atoms with Gasteiger partial charge in [0.05, 0.1) is 0 Å². The maximum atomic E-state index is 14.5. The van der Waals surface area contributed by atoms with E-state index in [1.165, 1.54) is 0 Å².